The summed E-state index contributed by atoms with van der Waals surface area (Å²) in [7, 11) is 0. The molecule has 2 amide bonds. The first-order chi connectivity index (χ1) is 13.2. The van der Waals surface area contributed by atoms with E-state index in [1.165, 1.54) is 43.2 Å². The Morgan fingerprint density at radius 2 is 1.67 bits per heavy atom. The molecule has 0 atom stereocenters. The Morgan fingerprint density at radius 3 is 2.44 bits per heavy atom. The van der Waals surface area contributed by atoms with Gasteiger partial charge in [-0.1, -0.05) is 37.5 Å². The summed E-state index contributed by atoms with van der Waals surface area (Å²) in [5.74, 6) is 0.695. The van der Waals surface area contributed by atoms with Gasteiger partial charge in [-0.15, -0.1) is 0 Å². The normalized spacial score (nSPS) is 21.1. The topological polar surface area (TPSA) is 49.4 Å². The number of nitrogens with one attached hydrogen (secondary N) is 1. The number of fused-ring (bicyclic) bond motifs is 1. The molecule has 0 spiro atoms. The SMILES string of the molecule is O=C(NC1CCN(C(=O)Cc2ccc3c(c2)CCC3)CC1)C1CCCCC1. The summed E-state index contributed by atoms with van der Waals surface area (Å²) in [5, 5.41) is 3.25. The molecular formula is C23H32N2O2. The van der Waals surface area contributed by atoms with Gasteiger partial charge in [-0.05, 0) is 61.6 Å². The lowest BCUT2D eigenvalue weighted by Gasteiger charge is -2.33. The van der Waals surface area contributed by atoms with Crippen LogP contribution in [0.15, 0.2) is 18.2 Å². The van der Waals surface area contributed by atoms with Crippen molar-refractivity contribution in [1.29, 1.82) is 0 Å². The van der Waals surface area contributed by atoms with Crippen molar-refractivity contribution in [3.05, 3.63) is 34.9 Å². The quantitative estimate of drug-likeness (QED) is 0.885. The molecule has 3 aliphatic rings. The van der Waals surface area contributed by atoms with Gasteiger partial charge in [-0.25, -0.2) is 0 Å². The number of piperidine rings is 1. The molecule has 4 nitrogen and oxygen atoms in total. The lowest BCUT2D eigenvalue weighted by Crippen LogP contribution is -2.48. The molecule has 4 heteroatoms. The van der Waals surface area contributed by atoms with Crippen LogP contribution < -0.4 is 5.32 Å². The van der Waals surface area contributed by atoms with E-state index in [2.05, 4.69) is 23.5 Å². The molecule has 146 valence electrons. The molecule has 0 bridgehead atoms. The average molecular weight is 369 g/mol. The molecule has 1 saturated carbocycles. The molecule has 2 aliphatic carbocycles. The molecule has 1 N–H and O–H groups in total. The Balaban J connectivity index is 1.24. The van der Waals surface area contributed by atoms with Crippen molar-refractivity contribution < 1.29 is 9.59 Å². The predicted molar refractivity (Wildman–Crippen MR) is 106 cm³/mol. The summed E-state index contributed by atoms with van der Waals surface area (Å²) in [6.07, 6.45) is 11.6. The van der Waals surface area contributed by atoms with Crippen LogP contribution in [0.25, 0.3) is 0 Å². The van der Waals surface area contributed by atoms with Crippen molar-refractivity contribution in [2.24, 2.45) is 5.92 Å². The molecule has 1 saturated heterocycles. The van der Waals surface area contributed by atoms with Crippen LogP contribution in [0.3, 0.4) is 0 Å². The number of carbonyl (C=O) groups is 2. The number of hydrogen-bond acceptors (Lipinski definition) is 2. The largest absolute Gasteiger partial charge is 0.353 e. The number of hydrogen-bond donors (Lipinski definition) is 1. The molecule has 4 rings (SSSR count). The smallest absolute Gasteiger partial charge is 0.226 e. The van der Waals surface area contributed by atoms with E-state index in [-0.39, 0.29) is 23.8 Å². The first-order valence-corrected chi connectivity index (χ1v) is 10.9. The van der Waals surface area contributed by atoms with Crippen molar-refractivity contribution in [3.63, 3.8) is 0 Å². The van der Waals surface area contributed by atoms with Crippen LogP contribution in [-0.4, -0.2) is 35.8 Å². The third kappa shape index (κ3) is 4.53. The Kier molecular flexibility index (Phi) is 5.80. The van der Waals surface area contributed by atoms with Crippen molar-refractivity contribution >= 4 is 11.8 Å². The summed E-state index contributed by atoms with van der Waals surface area (Å²) in [4.78, 5) is 27.1. The van der Waals surface area contributed by atoms with Crippen LogP contribution in [0.4, 0.5) is 0 Å². The van der Waals surface area contributed by atoms with E-state index in [4.69, 9.17) is 0 Å². The molecule has 1 aliphatic heterocycles. The maximum Gasteiger partial charge on any atom is 0.226 e. The van der Waals surface area contributed by atoms with Gasteiger partial charge in [0.05, 0.1) is 6.42 Å². The standard InChI is InChI=1S/C23H32N2O2/c26-22(16-17-9-10-18-7-4-8-20(18)15-17)25-13-11-21(12-14-25)24-23(27)19-5-2-1-3-6-19/h9-10,15,19,21H,1-8,11-14,16H2,(H,24,27). The Hall–Kier alpha value is -1.84. The summed E-state index contributed by atoms with van der Waals surface area (Å²) in [5.41, 5.74) is 4.04. The van der Waals surface area contributed by atoms with Crippen LogP contribution >= 0.6 is 0 Å². The minimum absolute atomic E-state index is 0.221. The van der Waals surface area contributed by atoms with E-state index in [1.54, 1.807) is 0 Å². The maximum absolute atomic E-state index is 12.7. The van der Waals surface area contributed by atoms with E-state index in [0.717, 1.165) is 50.8 Å². The van der Waals surface area contributed by atoms with Crippen molar-refractivity contribution in [2.45, 2.75) is 76.7 Å². The number of carbonyl (C=O) groups excluding carboxylic acids is 2. The lowest BCUT2D eigenvalue weighted by molar-refractivity contribution is -0.131. The zero-order valence-electron chi connectivity index (χ0n) is 16.3. The Morgan fingerprint density at radius 1 is 0.926 bits per heavy atom. The predicted octanol–water partition coefficient (Wildman–Crippen LogP) is 3.41. The first kappa shape index (κ1) is 18.5. The number of aryl methyl sites for hydroxylation is 2. The summed E-state index contributed by atoms with van der Waals surface area (Å²) >= 11 is 0. The van der Waals surface area contributed by atoms with Crippen LogP contribution in [0.1, 0.15) is 68.1 Å². The molecule has 1 aromatic rings. The number of amides is 2. The van der Waals surface area contributed by atoms with Gasteiger partial charge in [0.2, 0.25) is 11.8 Å². The van der Waals surface area contributed by atoms with E-state index < -0.39 is 0 Å². The molecule has 27 heavy (non-hydrogen) atoms. The van der Waals surface area contributed by atoms with Crippen LogP contribution in [-0.2, 0) is 28.9 Å². The number of likely N-dealkylation sites (tertiary alicyclic amines) is 1. The summed E-state index contributed by atoms with van der Waals surface area (Å²) in [6.45, 7) is 1.53. The monoisotopic (exact) mass is 368 g/mol. The van der Waals surface area contributed by atoms with Gasteiger partial charge in [-0.2, -0.15) is 0 Å². The summed E-state index contributed by atoms with van der Waals surface area (Å²) in [6, 6.07) is 6.80. The fourth-order valence-electron chi connectivity index (χ4n) is 4.98. The third-order valence-corrected chi connectivity index (χ3v) is 6.69. The first-order valence-electron chi connectivity index (χ1n) is 10.9. The third-order valence-electron chi connectivity index (χ3n) is 6.69. The van der Waals surface area contributed by atoms with Gasteiger partial charge < -0.3 is 10.2 Å². The van der Waals surface area contributed by atoms with Crippen molar-refractivity contribution in [1.82, 2.24) is 10.2 Å². The molecule has 2 fully saturated rings. The van der Waals surface area contributed by atoms with Crippen molar-refractivity contribution in [2.75, 3.05) is 13.1 Å². The van der Waals surface area contributed by atoms with Gasteiger partial charge in [-0.3, -0.25) is 9.59 Å². The molecule has 1 heterocycles. The number of nitrogens with zero attached hydrogens (tertiary/aromatic N) is 1. The zero-order chi connectivity index (χ0) is 18.6. The highest BCUT2D eigenvalue weighted by Crippen LogP contribution is 2.25. The molecule has 0 radical (unpaired) electrons. The second-order valence-corrected chi connectivity index (χ2v) is 8.63. The molecule has 0 unspecified atom stereocenters. The highest BCUT2D eigenvalue weighted by atomic mass is 16.2. The van der Waals surface area contributed by atoms with Crippen LogP contribution in [0, 0.1) is 5.92 Å². The number of rotatable bonds is 4. The van der Waals surface area contributed by atoms with Crippen LogP contribution in [0.2, 0.25) is 0 Å². The molecule has 1 aromatic carbocycles. The fraction of sp³-hybridized carbons (Fsp3) is 0.652. The van der Waals surface area contributed by atoms with E-state index >= 15 is 0 Å². The average Bonchev–Trinajstić information content (AvgIpc) is 3.17. The second kappa shape index (κ2) is 8.45. The Bertz CT molecular complexity index is 686. The maximum atomic E-state index is 12.7. The van der Waals surface area contributed by atoms with Gasteiger partial charge in [0, 0.05) is 25.0 Å². The minimum atomic E-state index is 0.221. The second-order valence-electron chi connectivity index (χ2n) is 8.63. The number of benzene rings is 1. The lowest BCUT2D eigenvalue weighted by atomic mass is 9.88. The highest BCUT2D eigenvalue weighted by molar-refractivity contribution is 5.80. The fourth-order valence-corrected chi connectivity index (χ4v) is 4.98. The zero-order valence-corrected chi connectivity index (χ0v) is 16.3. The molecule has 0 aromatic heterocycles. The van der Waals surface area contributed by atoms with Gasteiger partial charge >= 0.3 is 0 Å². The van der Waals surface area contributed by atoms with Gasteiger partial charge in [0.15, 0.2) is 0 Å². The van der Waals surface area contributed by atoms with Gasteiger partial charge in [0.25, 0.3) is 0 Å². The summed E-state index contributed by atoms with van der Waals surface area (Å²) < 4.78 is 0. The minimum Gasteiger partial charge on any atom is -0.353 e. The van der Waals surface area contributed by atoms with Crippen LogP contribution in [0.5, 0.6) is 0 Å². The van der Waals surface area contributed by atoms with E-state index in [0.29, 0.717) is 6.42 Å². The highest BCUT2D eigenvalue weighted by Gasteiger charge is 2.27. The van der Waals surface area contributed by atoms with E-state index in [1.807, 2.05) is 4.90 Å². The van der Waals surface area contributed by atoms with Gasteiger partial charge in [0.1, 0.15) is 0 Å². The van der Waals surface area contributed by atoms with Crippen molar-refractivity contribution in [3.8, 4) is 0 Å². The molecular weight excluding hydrogens is 336 g/mol. The van der Waals surface area contributed by atoms with E-state index in [9.17, 15) is 9.59 Å². The Labute approximate surface area is 162 Å².